The molecular formula is C20H16ClN3O3S2. The van der Waals surface area contributed by atoms with Crippen LogP contribution in [0.4, 0.5) is 0 Å². The predicted molar refractivity (Wildman–Crippen MR) is 113 cm³/mol. The predicted octanol–water partition coefficient (Wildman–Crippen LogP) is 3.57. The zero-order valence-corrected chi connectivity index (χ0v) is 17.6. The Labute approximate surface area is 177 Å². The fourth-order valence-electron chi connectivity index (χ4n) is 3.35. The molecule has 0 radical (unpaired) electrons. The van der Waals surface area contributed by atoms with Gasteiger partial charge < -0.3 is 4.90 Å². The van der Waals surface area contributed by atoms with Gasteiger partial charge in [-0.15, -0.1) is 11.3 Å². The number of benzene rings is 2. The molecule has 2 aromatic carbocycles. The van der Waals surface area contributed by atoms with Crippen LogP contribution in [0.2, 0.25) is 5.02 Å². The largest absolute Gasteiger partial charge is 0.335 e. The van der Waals surface area contributed by atoms with E-state index in [9.17, 15) is 18.5 Å². The van der Waals surface area contributed by atoms with Crippen LogP contribution in [0.3, 0.4) is 0 Å². The van der Waals surface area contributed by atoms with Crippen LogP contribution in [0, 0.1) is 11.3 Å². The maximum Gasteiger partial charge on any atom is 0.265 e. The summed E-state index contributed by atoms with van der Waals surface area (Å²) in [5, 5.41) is 10.5. The standard InChI is InChI=1S/C20H16ClN3O3S2/c21-18-15-6-2-3-7-16(15)28-19(18)20(25)23-9-11-24(12-10-23)29(26,27)17-8-4-1-5-14(17)13-22/h1-8H,9-12H2. The van der Waals surface area contributed by atoms with Crippen LogP contribution in [0.15, 0.2) is 53.4 Å². The van der Waals surface area contributed by atoms with Crippen LogP contribution in [0.1, 0.15) is 15.2 Å². The molecular weight excluding hydrogens is 430 g/mol. The molecule has 2 heterocycles. The highest BCUT2D eigenvalue weighted by atomic mass is 35.5. The lowest BCUT2D eigenvalue weighted by atomic mass is 10.2. The molecule has 1 amide bonds. The second kappa shape index (κ2) is 7.76. The van der Waals surface area contributed by atoms with Crippen molar-refractivity contribution < 1.29 is 13.2 Å². The first-order chi connectivity index (χ1) is 13.9. The first-order valence-electron chi connectivity index (χ1n) is 8.89. The summed E-state index contributed by atoms with van der Waals surface area (Å²) < 4.78 is 28.1. The van der Waals surface area contributed by atoms with Gasteiger partial charge in [-0.3, -0.25) is 4.79 Å². The molecule has 0 unspecified atom stereocenters. The molecule has 3 aromatic rings. The third-order valence-electron chi connectivity index (χ3n) is 4.88. The van der Waals surface area contributed by atoms with Gasteiger partial charge in [-0.2, -0.15) is 9.57 Å². The van der Waals surface area contributed by atoms with Crippen molar-refractivity contribution in [1.29, 1.82) is 5.26 Å². The molecule has 1 fully saturated rings. The maximum atomic E-state index is 13.0. The summed E-state index contributed by atoms with van der Waals surface area (Å²) in [5.74, 6) is -0.189. The zero-order chi connectivity index (χ0) is 20.6. The first kappa shape index (κ1) is 19.9. The molecule has 1 aliphatic heterocycles. The number of carbonyl (C=O) groups excluding carboxylic acids is 1. The van der Waals surface area contributed by atoms with Gasteiger partial charge in [-0.1, -0.05) is 41.9 Å². The van der Waals surface area contributed by atoms with Crippen molar-refractivity contribution in [2.75, 3.05) is 26.2 Å². The molecule has 1 saturated heterocycles. The highest BCUT2D eigenvalue weighted by Crippen LogP contribution is 2.36. The molecule has 0 bridgehead atoms. The molecule has 0 N–H and O–H groups in total. The quantitative estimate of drug-likeness (QED) is 0.617. The number of rotatable bonds is 3. The average Bonchev–Trinajstić information content (AvgIpc) is 3.10. The molecule has 29 heavy (non-hydrogen) atoms. The molecule has 0 spiro atoms. The van der Waals surface area contributed by atoms with E-state index < -0.39 is 10.0 Å². The SMILES string of the molecule is N#Cc1ccccc1S(=O)(=O)N1CCN(C(=O)c2sc3ccccc3c2Cl)CC1. The third kappa shape index (κ3) is 3.51. The molecule has 1 aromatic heterocycles. The molecule has 4 rings (SSSR count). The molecule has 6 nitrogen and oxygen atoms in total. The normalized spacial score (nSPS) is 15.4. The lowest BCUT2D eigenvalue weighted by Crippen LogP contribution is -2.50. The van der Waals surface area contributed by atoms with Crippen molar-refractivity contribution in [3.63, 3.8) is 0 Å². The van der Waals surface area contributed by atoms with E-state index >= 15 is 0 Å². The Morgan fingerprint density at radius 2 is 1.69 bits per heavy atom. The highest BCUT2D eigenvalue weighted by Gasteiger charge is 2.32. The van der Waals surface area contributed by atoms with E-state index in [0.29, 0.717) is 9.90 Å². The number of hydrogen-bond acceptors (Lipinski definition) is 5. The zero-order valence-electron chi connectivity index (χ0n) is 15.2. The number of carbonyl (C=O) groups is 1. The number of nitriles is 1. The minimum absolute atomic E-state index is 0.00479. The van der Waals surface area contributed by atoms with Gasteiger partial charge in [0.2, 0.25) is 10.0 Å². The summed E-state index contributed by atoms with van der Waals surface area (Å²) in [6.07, 6.45) is 0. The fourth-order valence-corrected chi connectivity index (χ4v) is 6.39. The van der Waals surface area contributed by atoms with Crippen LogP contribution in [0.25, 0.3) is 10.1 Å². The summed E-state index contributed by atoms with van der Waals surface area (Å²) in [7, 11) is -3.80. The van der Waals surface area contributed by atoms with Crippen molar-refractivity contribution in [1.82, 2.24) is 9.21 Å². The second-order valence-corrected chi connectivity index (χ2v) is 9.88. The smallest absolute Gasteiger partial charge is 0.265 e. The van der Waals surface area contributed by atoms with Gasteiger partial charge in [-0.25, -0.2) is 8.42 Å². The van der Waals surface area contributed by atoms with Gasteiger partial charge in [0.1, 0.15) is 10.9 Å². The summed E-state index contributed by atoms with van der Waals surface area (Å²) in [6, 6.07) is 15.6. The monoisotopic (exact) mass is 445 g/mol. The van der Waals surface area contributed by atoms with Crippen LogP contribution in [-0.2, 0) is 10.0 Å². The number of thiophene rings is 1. The van der Waals surface area contributed by atoms with E-state index in [1.807, 2.05) is 30.3 Å². The van der Waals surface area contributed by atoms with Crippen LogP contribution in [-0.4, -0.2) is 49.7 Å². The lowest BCUT2D eigenvalue weighted by Gasteiger charge is -2.34. The Balaban J connectivity index is 1.52. The number of piperazine rings is 1. The Hall–Kier alpha value is -2.44. The minimum Gasteiger partial charge on any atom is -0.335 e. The summed E-state index contributed by atoms with van der Waals surface area (Å²) in [4.78, 5) is 15.0. The number of fused-ring (bicyclic) bond motifs is 1. The van der Waals surface area contributed by atoms with Gasteiger partial charge >= 0.3 is 0 Å². The topological polar surface area (TPSA) is 81.5 Å². The Morgan fingerprint density at radius 3 is 2.38 bits per heavy atom. The number of halogens is 1. The molecule has 0 saturated carbocycles. The number of nitrogens with zero attached hydrogens (tertiary/aromatic N) is 3. The van der Waals surface area contributed by atoms with Crippen molar-refractivity contribution >= 4 is 49.0 Å². The van der Waals surface area contributed by atoms with E-state index in [2.05, 4.69) is 0 Å². The second-order valence-electron chi connectivity index (χ2n) is 6.55. The minimum atomic E-state index is -3.80. The molecule has 0 atom stereocenters. The van der Waals surface area contributed by atoms with E-state index in [0.717, 1.165) is 10.1 Å². The number of amides is 1. The Morgan fingerprint density at radius 1 is 1.03 bits per heavy atom. The average molecular weight is 446 g/mol. The number of sulfonamides is 1. The molecule has 148 valence electrons. The molecule has 1 aliphatic rings. The van der Waals surface area contributed by atoms with Gasteiger partial charge in [0.15, 0.2) is 0 Å². The van der Waals surface area contributed by atoms with Crippen molar-refractivity contribution in [3.05, 3.63) is 64.0 Å². The molecule has 0 aliphatic carbocycles. The van der Waals surface area contributed by atoms with E-state index in [1.54, 1.807) is 17.0 Å². The Kier molecular flexibility index (Phi) is 5.32. The van der Waals surface area contributed by atoms with Gasteiger partial charge in [-0.05, 0) is 18.2 Å². The van der Waals surface area contributed by atoms with Crippen molar-refractivity contribution in [3.8, 4) is 6.07 Å². The van der Waals surface area contributed by atoms with Gasteiger partial charge in [0.05, 0.1) is 15.5 Å². The summed E-state index contributed by atoms with van der Waals surface area (Å²) >= 11 is 7.75. The van der Waals surface area contributed by atoms with Crippen molar-refractivity contribution in [2.24, 2.45) is 0 Å². The van der Waals surface area contributed by atoms with Gasteiger partial charge in [0, 0.05) is 36.3 Å². The molecule has 9 heteroatoms. The summed E-state index contributed by atoms with van der Waals surface area (Å²) in [5.41, 5.74) is 0.114. The van der Waals surface area contributed by atoms with Crippen LogP contribution < -0.4 is 0 Å². The van der Waals surface area contributed by atoms with Crippen LogP contribution in [0.5, 0.6) is 0 Å². The summed E-state index contributed by atoms with van der Waals surface area (Å²) in [6.45, 7) is 0.849. The fraction of sp³-hybridized carbons (Fsp3) is 0.200. The van der Waals surface area contributed by atoms with E-state index in [1.165, 1.54) is 27.8 Å². The maximum absolute atomic E-state index is 13.0. The van der Waals surface area contributed by atoms with Crippen molar-refractivity contribution in [2.45, 2.75) is 4.90 Å². The number of hydrogen-bond donors (Lipinski definition) is 0. The van der Waals surface area contributed by atoms with Gasteiger partial charge in [0.25, 0.3) is 5.91 Å². The third-order valence-corrected chi connectivity index (χ3v) is 8.50. The highest BCUT2D eigenvalue weighted by molar-refractivity contribution is 7.89. The first-order valence-corrected chi connectivity index (χ1v) is 11.5. The Bertz CT molecular complexity index is 1240. The van der Waals surface area contributed by atoms with Crippen LogP contribution >= 0.6 is 22.9 Å². The van der Waals surface area contributed by atoms with E-state index in [-0.39, 0.29) is 42.5 Å². The van der Waals surface area contributed by atoms with E-state index in [4.69, 9.17) is 11.6 Å². The lowest BCUT2D eigenvalue weighted by molar-refractivity contribution is 0.0703.